The number of aryl methyl sites for hydroxylation is 1. The maximum absolute atomic E-state index is 5.85. The molecule has 1 aromatic carbocycles. The number of rotatable bonds is 2. The maximum Gasteiger partial charge on any atom is 0.132 e. The van der Waals surface area contributed by atoms with Crippen LogP contribution >= 0.6 is 38.5 Å². The van der Waals surface area contributed by atoms with Crippen LogP contribution in [0.3, 0.4) is 0 Å². The van der Waals surface area contributed by atoms with Gasteiger partial charge in [-0.15, -0.1) is 0 Å². The van der Waals surface area contributed by atoms with E-state index in [0.29, 0.717) is 0 Å². The average Bonchev–Trinajstić information content (AvgIpc) is 2.29. The van der Waals surface area contributed by atoms with Crippen LogP contribution in [0.25, 0.3) is 0 Å². The van der Waals surface area contributed by atoms with Crippen molar-refractivity contribution in [2.75, 3.05) is 11.1 Å². The number of halogens is 2. The third-order valence-corrected chi connectivity index (χ3v) is 3.70. The van der Waals surface area contributed by atoms with Crippen molar-refractivity contribution in [3.8, 4) is 0 Å². The highest BCUT2D eigenvalue weighted by molar-refractivity contribution is 14.1. The highest BCUT2D eigenvalue weighted by atomic mass is 127. The molecule has 0 atom stereocenters. The monoisotopic (exact) mass is 403 g/mol. The quantitative estimate of drug-likeness (QED) is 0.742. The van der Waals surface area contributed by atoms with Crippen molar-refractivity contribution < 1.29 is 0 Å². The molecule has 0 bridgehead atoms. The summed E-state index contributed by atoms with van der Waals surface area (Å²) < 4.78 is 2.16. The Balaban J connectivity index is 2.31. The van der Waals surface area contributed by atoms with E-state index in [1.54, 1.807) is 6.20 Å². The van der Waals surface area contributed by atoms with E-state index >= 15 is 0 Å². The van der Waals surface area contributed by atoms with Gasteiger partial charge in [0.2, 0.25) is 0 Å². The fourth-order valence-corrected chi connectivity index (χ4v) is 2.18. The predicted molar refractivity (Wildman–Crippen MR) is 83.5 cm³/mol. The van der Waals surface area contributed by atoms with E-state index in [1.807, 2.05) is 31.2 Å². The van der Waals surface area contributed by atoms with Crippen molar-refractivity contribution in [1.29, 1.82) is 0 Å². The molecule has 2 rings (SSSR count). The van der Waals surface area contributed by atoms with Crippen LogP contribution in [0.1, 0.15) is 5.56 Å². The van der Waals surface area contributed by atoms with Gasteiger partial charge in [0.1, 0.15) is 5.82 Å². The molecule has 0 amide bonds. The molecule has 0 unspecified atom stereocenters. The number of pyridine rings is 1. The molecule has 0 radical (unpaired) electrons. The molecule has 3 nitrogen and oxygen atoms in total. The predicted octanol–water partition coefficient (Wildman–Crippen LogP) is 4.08. The smallest absolute Gasteiger partial charge is 0.132 e. The molecule has 2 aromatic rings. The van der Waals surface area contributed by atoms with Crippen LogP contribution in [0.15, 0.2) is 34.9 Å². The van der Waals surface area contributed by atoms with Crippen LogP contribution in [0.2, 0.25) is 0 Å². The Bertz CT molecular complexity index is 557. The summed E-state index contributed by atoms with van der Waals surface area (Å²) >= 11 is 5.77. The van der Waals surface area contributed by atoms with E-state index in [2.05, 4.69) is 48.8 Å². The zero-order chi connectivity index (χ0) is 12.4. The Kier molecular flexibility index (Phi) is 3.88. The van der Waals surface area contributed by atoms with Gasteiger partial charge in [0.15, 0.2) is 0 Å². The standard InChI is InChI=1S/C12H11BrIN3/c1-7-6-16-12(5-10(7)15)17-11-4-8(14)2-3-9(11)13/h2-6H,1H3,(H3,15,16,17). The van der Waals surface area contributed by atoms with Crippen LogP contribution in [0.5, 0.6) is 0 Å². The lowest BCUT2D eigenvalue weighted by Crippen LogP contribution is -1.98. The van der Waals surface area contributed by atoms with E-state index in [1.165, 1.54) is 0 Å². The number of nitrogen functional groups attached to an aromatic ring is 1. The maximum atomic E-state index is 5.85. The molecule has 0 aliphatic rings. The second-order valence-electron chi connectivity index (χ2n) is 3.68. The van der Waals surface area contributed by atoms with Gasteiger partial charge < -0.3 is 11.1 Å². The Hall–Kier alpha value is -0.820. The summed E-state index contributed by atoms with van der Waals surface area (Å²) in [7, 11) is 0. The van der Waals surface area contributed by atoms with E-state index in [4.69, 9.17) is 5.73 Å². The summed E-state index contributed by atoms with van der Waals surface area (Å²) in [5.41, 5.74) is 8.55. The highest BCUT2D eigenvalue weighted by Gasteiger charge is 2.03. The number of aromatic nitrogens is 1. The Labute approximate surface area is 122 Å². The molecule has 3 N–H and O–H groups in total. The first-order chi connectivity index (χ1) is 8.06. The molecule has 0 saturated heterocycles. The molecule has 17 heavy (non-hydrogen) atoms. The van der Waals surface area contributed by atoms with Crippen molar-refractivity contribution in [3.63, 3.8) is 0 Å². The molecule has 88 valence electrons. The summed E-state index contributed by atoms with van der Waals surface area (Å²) in [6.45, 7) is 1.94. The van der Waals surface area contributed by atoms with Crippen LogP contribution in [0.4, 0.5) is 17.2 Å². The van der Waals surface area contributed by atoms with Gasteiger partial charge in [0.25, 0.3) is 0 Å². The van der Waals surface area contributed by atoms with Crippen LogP contribution in [0, 0.1) is 10.5 Å². The molecule has 0 aliphatic carbocycles. The molecule has 0 fully saturated rings. The fraction of sp³-hybridized carbons (Fsp3) is 0.0833. The van der Waals surface area contributed by atoms with Crippen molar-refractivity contribution in [2.24, 2.45) is 0 Å². The van der Waals surface area contributed by atoms with Crippen LogP contribution in [-0.4, -0.2) is 4.98 Å². The van der Waals surface area contributed by atoms with Gasteiger partial charge in [0.05, 0.1) is 5.69 Å². The zero-order valence-electron chi connectivity index (χ0n) is 9.17. The Morgan fingerprint density at radius 2 is 2.12 bits per heavy atom. The van der Waals surface area contributed by atoms with Crippen LogP contribution in [-0.2, 0) is 0 Å². The van der Waals surface area contributed by atoms with Crippen molar-refractivity contribution in [3.05, 3.63) is 44.1 Å². The lowest BCUT2D eigenvalue weighted by atomic mass is 10.2. The summed E-state index contributed by atoms with van der Waals surface area (Å²) in [5, 5.41) is 3.24. The highest BCUT2D eigenvalue weighted by Crippen LogP contribution is 2.27. The summed E-state index contributed by atoms with van der Waals surface area (Å²) in [6, 6.07) is 7.92. The number of anilines is 3. The number of nitrogens with zero attached hydrogens (tertiary/aromatic N) is 1. The van der Waals surface area contributed by atoms with Gasteiger partial charge >= 0.3 is 0 Å². The summed E-state index contributed by atoms with van der Waals surface area (Å²) in [6.07, 6.45) is 1.76. The normalized spacial score (nSPS) is 10.3. The van der Waals surface area contributed by atoms with Gasteiger partial charge in [0, 0.05) is 26.0 Å². The summed E-state index contributed by atoms with van der Waals surface area (Å²) in [4.78, 5) is 4.29. The third-order valence-electron chi connectivity index (χ3n) is 2.34. The summed E-state index contributed by atoms with van der Waals surface area (Å²) in [5.74, 6) is 0.746. The average molecular weight is 404 g/mol. The molecule has 0 saturated carbocycles. The molecule has 5 heteroatoms. The number of hydrogen-bond acceptors (Lipinski definition) is 3. The first kappa shape index (κ1) is 12.6. The Morgan fingerprint density at radius 3 is 2.82 bits per heavy atom. The number of nitrogens with two attached hydrogens (primary N) is 1. The molecule has 0 spiro atoms. The van der Waals surface area contributed by atoms with Crippen LogP contribution < -0.4 is 11.1 Å². The van der Waals surface area contributed by atoms with Crippen molar-refractivity contribution in [1.82, 2.24) is 4.98 Å². The number of nitrogens with one attached hydrogen (secondary N) is 1. The Morgan fingerprint density at radius 1 is 1.35 bits per heavy atom. The van der Waals surface area contributed by atoms with E-state index in [0.717, 1.165) is 30.8 Å². The lowest BCUT2D eigenvalue weighted by molar-refractivity contribution is 1.26. The van der Waals surface area contributed by atoms with Gasteiger partial charge in [-0.2, -0.15) is 0 Å². The zero-order valence-corrected chi connectivity index (χ0v) is 12.9. The minimum absolute atomic E-state index is 0.740. The molecule has 1 heterocycles. The van der Waals surface area contributed by atoms with Crippen molar-refractivity contribution >= 4 is 55.7 Å². The molecule has 1 aromatic heterocycles. The molecular weight excluding hydrogens is 393 g/mol. The third kappa shape index (κ3) is 3.10. The van der Waals surface area contributed by atoms with E-state index in [-0.39, 0.29) is 0 Å². The van der Waals surface area contributed by atoms with Crippen molar-refractivity contribution in [2.45, 2.75) is 6.92 Å². The minimum atomic E-state index is 0.740. The second kappa shape index (κ2) is 5.22. The lowest BCUT2D eigenvalue weighted by Gasteiger charge is -2.09. The fourth-order valence-electron chi connectivity index (χ4n) is 1.34. The number of benzene rings is 1. The SMILES string of the molecule is Cc1cnc(Nc2cc(I)ccc2Br)cc1N. The first-order valence-corrected chi connectivity index (χ1v) is 6.87. The topological polar surface area (TPSA) is 50.9 Å². The van der Waals surface area contributed by atoms with E-state index < -0.39 is 0 Å². The van der Waals surface area contributed by atoms with Gasteiger partial charge in [-0.05, 0) is 69.2 Å². The molecular formula is C12H11BrIN3. The van der Waals surface area contributed by atoms with Gasteiger partial charge in [-0.25, -0.2) is 4.98 Å². The largest absolute Gasteiger partial charge is 0.398 e. The second-order valence-corrected chi connectivity index (χ2v) is 5.78. The number of hydrogen-bond donors (Lipinski definition) is 2. The molecule has 0 aliphatic heterocycles. The first-order valence-electron chi connectivity index (χ1n) is 5.00. The minimum Gasteiger partial charge on any atom is -0.398 e. The van der Waals surface area contributed by atoms with Gasteiger partial charge in [-0.3, -0.25) is 0 Å². The van der Waals surface area contributed by atoms with Gasteiger partial charge in [-0.1, -0.05) is 0 Å². The van der Waals surface area contributed by atoms with E-state index in [9.17, 15) is 0 Å².